The fraction of sp³-hybridized carbons (Fsp3) is 0.417. The number of hydrogen-bond acceptors (Lipinski definition) is 3. The highest BCUT2D eigenvalue weighted by atomic mass is 19.4. The van der Waals surface area contributed by atoms with Crippen molar-refractivity contribution < 1.29 is 27.9 Å². The fourth-order valence-electron chi connectivity index (χ4n) is 1.32. The van der Waals surface area contributed by atoms with Gasteiger partial charge in [-0.3, -0.25) is 14.6 Å². The number of carboxylic acids is 1. The summed E-state index contributed by atoms with van der Waals surface area (Å²) >= 11 is 0. The molecule has 110 valence electrons. The van der Waals surface area contributed by atoms with Crippen LogP contribution in [0.1, 0.15) is 29.4 Å². The van der Waals surface area contributed by atoms with Crippen molar-refractivity contribution in [1.82, 2.24) is 10.3 Å². The minimum atomic E-state index is -4.55. The van der Waals surface area contributed by atoms with Gasteiger partial charge in [-0.1, -0.05) is 6.92 Å². The van der Waals surface area contributed by atoms with Crippen LogP contribution in [-0.4, -0.2) is 28.5 Å². The molecular formula is C12H13F3N2O3. The van der Waals surface area contributed by atoms with Gasteiger partial charge in [-0.2, -0.15) is 13.2 Å². The minimum absolute atomic E-state index is 0.0130. The molecule has 0 fully saturated rings. The monoisotopic (exact) mass is 290 g/mol. The third-order valence-electron chi connectivity index (χ3n) is 2.60. The number of nitrogens with zero attached hydrogens (tertiary/aromatic N) is 1. The van der Waals surface area contributed by atoms with E-state index in [2.05, 4.69) is 10.3 Å². The van der Waals surface area contributed by atoms with Crippen LogP contribution in [0.25, 0.3) is 0 Å². The summed E-state index contributed by atoms with van der Waals surface area (Å²) in [5.41, 5.74) is -1.09. The molecule has 1 atom stereocenters. The van der Waals surface area contributed by atoms with Crippen molar-refractivity contribution in [3.05, 3.63) is 29.6 Å². The molecule has 1 amide bonds. The van der Waals surface area contributed by atoms with Crippen LogP contribution in [0.15, 0.2) is 18.3 Å². The Morgan fingerprint density at radius 2 is 2.05 bits per heavy atom. The number of carbonyl (C=O) groups is 2. The number of carbonyl (C=O) groups excluding carboxylic acids is 1. The topological polar surface area (TPSA) is 79.3 Å². The summed E-state index contributed by atoms with van der Waals surface area (Å²) in [6.45, 7) is 1.61. The highest BCUT2D eigenvalue weighted by molar-refractivity contribution is 5.93. The molecular weight excluding hydrogens is 277 g/mol. The second-order valence-corrected chi connectivity index (χ2v) is 4.21. The van der Waals surface area contributed by atoms with Crippen LogP contribution in [0.3, 0.4) is 0 Å². The zero-order chi connectivity index (χ0) is 15.3. The third-order valence-corrected chi connectivity index (χ3v) is 2.60. The summed E-state index contributed by atoms with van der Waals surface area (Å²) in [6.07, 6.45) is -3.49. The average molecular weight is 290 g/mol. The summed E-state index contributed by atoms with van der Waals surface area (Å²) in [5, 5.41) is 11.1. The van der Waals surface area contributed by atoms with Crippen molar-refractivity contribution in [2.45, 2.75) is 19.5 Å². The normalized spacial score (nSPS) is 12.8. The highest BCUT2D eigenvalue weighted by Crippen LogP contribution is 2.27. The van der Waals surface area contributed by atoms with E-state index in [9.17, 15) is 22.8 Å². The molecule has 0 spiro atoms. The molecule has 0 aliphatic carbocycles. The minimum Gasteiger partial charge on any atom is -0.481 e. The molecule has 8 heteroatoms. The molecule has 2 N–H and O–H groups in total. The molecule has 1 rings (SSSR count). The maximum Gasteiger partial charge on any atom is 0.433 e. The lowest BCUT2D eigenvalue weighted by Gasteiger charge is -2.09. The van der Waals surface area contributed by atoms with Gasteiger partial charge in [0.1, 0.15) is 5.69 Å². The Morgan fingerprint density at radius 3 is 2.50 bits per heavy atom. The molecule has 0 aliphatic rings. The Hall–Kier alpha value is -2.12. The Balaban J connectivity index is 2.54. The summed E-state index contributed by atoms with van der Waals surface area (Å²) in [4.78, 5) is 25.3. The summed E-state index contributed by atoms with van der Waals surface area (Å²) < 4.78 is 36.8. The lowest BCUT2D eigenvalue weighted by molar-refractivity contribution is -0.142. The van der Waals surface area contributed by atoms with E-state index in [4.69, 9.17) is 5.11 Å². The van der Waals surface area contributed by atoms with Gasteiger partial charge in [-0.15, -0.1) is 0 Å². The highest BCUT2D eigenvalue weighted by Gasteiger charge is 2.32. The SMILES string of the molecule is CC(CCNC(=O)c1ccc(C(F)(F)F)nc1)C(=O)O. The summed E-state index contributed by atoms with van der Waals surface area (Å²) in [5.74, 6) is -2.18. The van der Waals surface area contributed by atoms with Gasteiger partial charge < -0.3 is 10.4 Å². The van der Waals surface area contributed by atoms with Crippen molar-refractivity contribution in [2.75, 3.05) is 6.54 Å². The molecule has 20 heavy (non-hydrogen) atoms. The van der Waals surface area contributed by atoms with E-state index < -0.39 is 29.7 Å². The first-order chi connectivity index (χ1) is 9.21. The van der Waals surface area contributed by atoms with E-state index in [0.29, 0.717) is 0 Å². The first kappa shape index (κ1) is 15.9. The number of pyridine rings is 1. The molecule has 0 saturated carbocycles. The average Bonchev–Trinajstić information content (AvgIpc) is 2.37. The molecule has 1 aromatic rings. The maximum absolute atomic E-state index is 12.3. The number of aliphatic carboxylic acids is 1. The molecule has 1 unspecified atom stereocenters. The number of rotatable bonds is 5. The lowest BCUT2D eigenvalue weighted by atomic mass is 10.1. The van der Waals surface area contributed by atoms with Gasteiger partial charge in [-0.25, -0.2) is 0 Å². The van der Waals surface area contributed by atoms with Crippen LogP contribution in [0.4, 0.5) is 13.2 Å². The number of aromatic nitrogens is 1. The van der Waals surface area contributed by atoms with Crippen molar-refractivity contribution in [3.8, 4) is 0 Å². The van der Waals surface area contributed by atoms with E-state index in [-0.39, 0.29) is 18.5 Å². The van der Waals surface area contributed by atoms with Crippen LogP contribution < -0.4 is 5.32 Å². The lowest BCUT2D eigenvalue weighted by Crippen LogP contribution is -2.27. The second-order valence-electron chi connectivity index (χ2n) is 4.21. The van der Waals surface area contributed by atoms with Gasteiger partial charge in [0.15, 0.2) is 0 Å². The van der Waals surface area contributed by atoms with Gasteiger partial charge in [0.05, 0.1) is 11.5 Å². The molecule has 0 aromatic carbocycles. The van der Waals surface area contributed by atoms with Crippen LogP contribution in [0, 0.1) is 5.92 Å². The van der Waals surface area contributed by atoms with Gasteiger partial charge in [0.25, 0.3) is 5.91 Å². The summed E-state index contributed by atoms with van der Waals surface area (Å²) in [7, 11) is 0. The third kappa shape index (κ3) is 4.52. The molecule has 0 radical (unpaired) electrons. The Labute approximate surface area is 112 Å². The van der Waals surface area contributed by atoms with Crippen LogP contribution in [-0.2, 0) is 11.0 Å². The predicted octanol–water partition coefficient (Wildman–Crippen LogP) is 1.94. The molecule has 1 aromatic heterocycles. The van der Waals surface area contributed by atoms with E-state index >= 15 is 0 Å². The Morgan fingerprint density at radius 1 is 1.40 bits per heavy atom. The number of halogens is 3. The second kappa shape index (κ2) is 6.36. The van der Waals surface area contributed by atoms with E-state index in [1.165, 1.54) is 6.92 Å². The quantitative estimate of drug-likeness (QED) is 0.868. The van der Waals surface area contributed by atoms with Gasteiger partial charge in [-0.05, 0) is 18.6 Å². The Kier molecular flexibility index (Phi) is 5.06. The zero-order valence-electron chi connectivity index (χ0n) is 10.6. The number of alkyl halides is 3. The first-order valence-electron chi connectivity index (χ1n) is 5.76. The van der Waals surface area contributed by atoms with E-state index in [1.807, 2.05) is 0 Å². The van der Waals surface area contributed by atoms with Gasteiger partial charge in [0.2, 0.25) is 0 Å². The molecule has 5 nitrogen and oxygen atoms in total. The van der Waals surface area contributed by atoms with Crippen molar-refractivity contribution in [1.29, 1.82) is 0 Å². The van der Waals surface area contributed by atoms with Crippen molar-refractivity contribution >= 4 is 11.9 Å². The van der Waals surface area contributed by atoms with Crippen molar-refractivity contribution in [3.63, 3.8) is 0 Å². The molecule has 0 saturated heterocycles. The van der Waals surface area contributed by atoms with Crippen LogP contribution >= 0.6 is 0 Å². The van der Waals surface area contributed by atoms with Gasteiger partial charge in [0, 0.05) is 12.7 Å². The van der Waals surface area contributed by atoms with E-state index in [0.717, 1.165) is 18.3 Å². The van der Waals surface area contributed by atoms with E-state index in [1.54, 1.807) is 0 Å². The number of amides is 1. The number of hydrogen-bond donors (Lipinski definition) is 2. The maximum atomic E-state index is 12.3. The standard InChI is InChI=1S/C12H13F3N2O3/c1-7(11(19)20)4-5-16-10(18)8-2-3-9(17-6-8)12(13,14)15/h2-3,6-7H,4-5H2,1H3,(H,16,18)(H,19,20). The summed E-state index contributed by atoms with van der Waals surface area (Å²) in [6, 6.07) is 1.74. The van der Waals surface area contributed by atoms with Gasteiger partial charge >= 0.3 is 12.1 Å². The number of carboxylic acid groups (broad SMARTS) is 1. The smallest absolute Gasteiger partial charge is 0.433 e. The molecule has 0 aliphatic heterocycles. The Bertz CT molecular complexity index is 486. The fourth-order valence-corrected chi connectivity index (χ4v) is 1.32. The first-order valence-corrected chi connectivity index (χ1v) is 5.76. The van der Waals surface area contributed by atoms with Crippen molar-refractivity contribution in [2.24, 2.45) is 5.92 Å². The van der Waals surface area contributed by atoms with Crippen LogP contribution in [0.5, 0.6) is 0 Å². The largest absolute Gasteiger partial charge is 0.481 e. The molecule has 0 bridgehead atoms. The predicted molar refractivity (Wildman–Crippen MR) is 63.0 cm³/mol. The zero-order valence-corrected chi connectivity index (χ0v) is 10.6. The molecule has 1 heterocycles. The number of nitrogens with one attached hydrogen (secondary N) is 1. The van der Waals surface area contributed by atoms with Crippen LogP contribution in [0.2, 0.25) is 0 Å².